The van der Waals surface area contributed by atoms with E-state index in [-0.39, 0.29) is 31.3 Å². The topological polar surface area (TPSA) is 111 Å². The van der Waals surface area contributed by atoms with Crippen LogP contribution in [0, 0.1) is 0 Å². The van der Waals surface area contributed by atoms with Crippen LogP contribution in [0.3, 0.4) is 0 Å². The number of nitrogens with two attached hydrogens (primary N) is 1. The van der Waals surface area contributed by atoms with Crippen LogP contribution < -0.4 is 11.1 Å². The Morgan fingerprint density at radius 3 is 2.27 bits per heavy atom. The van der Waals surface area contributed by atoms with Crippen LogP contribution >= 0.6 is 24.0 Å². The minimum atomic E-state index is -0.721. The zero-order valence-electron chi connectivity index (χ0n) is 18.9. The molecule has 2 rings (SSSR count). The maximum absolute atomic E-state index is 12.6. The van der Waals surface area contributed by atoms with Crippen molar-refractivity contribution in [2.45, 2.75) is 51.1 Å². The van der Waals surface area contributed by atoms with Crippen LogP contribution in [0.25, 0.3) is 0 Å². The van der Waals surface area contributed by atoms with Gasteiger partial charge in [0, 0.05) is 51.0 Å². The third-order valence-corrected chi connectivity index (χ3v) is 5.44. The number of unbranched alkanes of at least 4 members (excludes halogenated alkanes) is 1. The van der Waals surface area contributed by atoms with Crippen LogP contribution in [0.15, 0.2) is 24.3 Å². The molecule has 1 unspecified atom stereocenters. The third-order valence-electron chi connectivity index (χ3n) is 5.19. The van der Waals surface area contributed by atoms with E-state index in [1.165, 1.54) is 4.90 Å². The van der Waals surface area contributed by atoms with Gasteiger partial charge in [0.25, 0.3) is 5.91 Å². The van der Waals surface area contributed by atoms with Crippen molar-refractivity contribution in [1.29, 1.82) is 0 Å². The maximum Gasteiger partial charge on any atom is 0.289 e. The van der Waals surface area contributed by atoms with Gasteiger partial charge in [0.15, 0.2) is 0 Å². The molecular formula is C23H35Cl2N3O5. The first-order chi connectivity index (χ1) is 15.5. The standard InChI is InChI=1S/C23H34ClN3O5.ClH/c24-19-7-5-18(6-8-19)17-27-20(9-10-21(27)28)22(29)23(30)26-12-4-16-32-14-2-1-13-31-15-3-11-25;/h5-8,20H,1-4,9-17,25H2,(H,26,30);1H. The van der Waals surface area contributed by atoms with Crippen molar-refractivity contribution >= 4 is 41.6 Å². The van der Waals surface area contributed by atoms with Crippen LogP contribution in [0.1, 0.15) is 44.1 Å². The van der Waals surface area contributed by atoms with E-state index in [0.29, 0.717) is 57.4 Å². The molecule has 0 spiro atoms. The van der Waals surface area contributed by atoms with E-state index in [0.717, 1.165) is 24.8 Å². The molecule has 1 heterocycles. The van der Waals surface area contributed by atoms with Gasteiger partial charge < -0.3 is 25.4 Å². The van der Waals surface area contributed by atoms with E-state index in [2.05, 4.69) is 5.32 Å². The fourth-order valence-electron chi connectivity index (χ4n) is 3.40. The first-order valence-corrected chi connectivity index (χ1v) is 11.6. The van der Waals surface area contributed by atoms with Gasteiger partial charge in [-0.25, -0.2) is 0 Å². The zero-order chi connectivity index (χ0) is 23.2. The van der Waals surface area contributed by atoms with Crippen LogP contribution in [0.2, 0.25) is 5.02 Å². The highest BCUT2D eigenvalue weighted by molar-refractivity contribution is 6.38. The van der Waals surface area contributed by atoms with Gasteiger partial charge in [0.05, 0.1) is 0 Å². The summed E-state index contributed by atoms with van der Waals surface area (Å²) in [5.41, 5.74) is 6.26. The molecule has 1 aromatic rings. The molecule has 0 bridgehead atoms. The third kappa shape index (κ3) is 10.8. The normalized spacial score (nSPS) is 15.4. The zero-order valence-corrected chi connectivity index (χ0v) is 20.5. The van der Waals surface area contributed by atoms with Gasteiger partial charge >= 0.3 is 0 Å². The number of rotatable bonds is 16. The number of hydrogen-bond acceptors (Lipinski definition) is 6. The van der Waals surface area contributed by atoms with Gasteiger partial charge in [-0.05, 0) is 56.3 Å². The number of nitrogens with one attached hydrogen (secondary N) is 1. The number of amides is 2. The van der Waals surface area contributed by atoms with Gasteiger partial charge in [0.1, 0.15) is 6.04 Å². The van der Waals surface area contributed by atoms with Gasteiger partial charge in [-0.2, -0.15) is 0 Å². The van der Waals surface area contributed by atoms with Crippen LogP contribution in [-0.2, 0) is 30.4 Å². The van der Waals surface area contributed by atoms with E-state index in [4.69, 9.17) is 26.8 Å². The molecule has 2 amide bonds. The molecule has 0 radical (unpaired) electrons. The lowest BCUT2D eigenvalue weighted by molar-refractivity contribution is -0.143. The second-order valence-electron chi connectivity index (χ2n) is 7.75. The van der Waals surface area contributed by atoms with Crippen molar-refractivity contribution in [2.24, 2.45) is 5.73 Å². The number of Topliss-reactive ketones (excluding diaryl/α,β-unsaturated/α-hetero) is 1. The average molecular weight is 504 g/mol. The second-order valence-corrected chi connectivity index (χ2v) is 8.19. The quantitative estimate of drug-likeness (QED) is 0.264. The highest BCUT2D eigenvalue weighted by Crippen LogP contribution is 2.23. The molecule has 33 heavy (non-hydrogen) atoms. The van der Waals surface area contributed by atoms with E-state index >= 15 is 0 Å². The Morgan fingerprint density at radius 2 is 1.64 bits per heavy atom. The van der Waals surface area contributed by atoms with Crippen molar-refractivity contribution < 1.29 is 23.9 Å². The molecule has 186 valence electrons. The van der Waals surface area contributed by atoms with Gasteiger partial charge in [-0.15, -0.1) is 12.4 Å². The number of halogens is 2. The van der Waals surface area contributed by atoms with Crippen LogP contribution in [-0.4, -0.2) is 68.1 Å². The summed E-state index contributed by atoms with van der Waals surface area (Å²) in [7, 11) is 0. The lowest BCUT2D eigenvalue weighted by atomic mass is 10.1. The maximum atomic E-state index is 12.6. The first kappa shape index (κ1) is 29.3. The van der Waals surface area contributed by atoms with Crippen molar-refractivity contribution in [1.82, 2.24) is 10.2 Å². The fourth-order valence-corrected chi connectivity index (χ4v) is 3.53. The summed E-state index contributed by atoms with van der Waals surface area (Å²) in [4.78, 5) is 38.6. The Bertz CT molecular complexity index is 733. The number of carbonyl (C=O) groups is 3. The van der Waals surface area contributed by atoms with Crippen LogP contribution in [0.5, 0.6) is 0 Å². The largest absolute Gasteiger partial charge is 0.381 e. The molecule has 1 aliphatic rings. The second kappa shape index (κ2) is 16.8. The van der Waals surface area contributed by atoms with Gasteiger partial charge in [-0.1, -0.05) is 23.7 Å². The molecule has 0 saturated carbocycles. The van der Waals surface area contributed by atoms with Crippen molar-refractivity contribution in [3.8, 4) is 0 Å². The number of ether oxygens (including phenoxy) is 2. The molecule has 1 aromatic carbocycles. The predicted molar refractivity (Wildman–Crippen MR) is 129 cm³/mol. The fraction of sp³-hybridized carbons (Fsp3) is 0.609. The molecule has 1 saturated heterocycles. The number of ketones is 1. The van der Waals surface area contributed by atoms with Crippen molar-refractivity contribution in [2.75, 3.05) is 39.5 Å². The molecule has 1 fully saturated rings. The van der Waals surface area contributed by atoms with E-state index in [9.17, 15) is 14.4 Å². The minimum absolute atomic E-state index is 0. The van der Waals surface area contributed by atoms with Gasteiger partial charge in [0.2, 0.25) is 11.7 Å². The predicted octanol–water partition coefficient (Wildman–Crippen LogP) is 2.49. The lowest BCUT2D eigenvalue weighted by Gasteiger charge is -2.23. The van der Waals surface area contributed by atoms with E-state index in [1.54, 1.807) is 12.1 Å². The molecule has 10 heteroatoms. The number of likely N-dealkylation sites (tertiary alicyclic amines) is 1. The molecule has 0 aliphatic carbocycles. The van der Waals surface area contributed by atoms with Gasteiger partial charge in [-0.3, -0.25) is 14.4 Å². The smallest absolute Gasteiger partial charge is 0.289 e. The lowest BCUT2D eigenvalue weighted by Crippen LogP contribution is -2.45. The molecule has 0 aromatic heterocycles. The van der Waals surface area contributed by atoms with Crippen molar-refractivity contribution in [3.63, 3.8) is 0 Å². The number of benzene rings is 1. The molecule has 1 atom stereocenters. The number of hydrogen-bond donors (Lipinski definition) is 2. The Morgan fingerprint density at radius 1 is 1.03 bits per heavy atom. The van der Waals surface area contributed by atoms with E-state index < -0.39 is 17.7 Å². The summed E-state index contributed by atoms with van der Waals surface area (Å²) in [5.74, 6) is -1.34. The highest BCUT2D eigenvalue weighted by atomic mass is 35.5. The Labute approximate surface area is 206 Å². The first-order valence-electron chi connectivity index (χ1n) is 11.2. The Hall–Kier alpha value is -1.71. The number of nitrogens with zero attached hydrogens (tertiary/aromatic N) is 1. The van der Waals surface area contributed by atoms with E-state index in [1.807, 2.05) is 12.1 Å². The summed E-state index contributed by atoms with van der Waals surface area (Å²) in [6.07, 6.45) is 3.96. The Kier molecular flexibility index (Phi) is 15.0. The summed E-state index contributed by atoms with van der Waals surface area (Å²) in [6.45, 7) is 3.83. The average Bonchev–Trinajstić information content (AvgIpc) is 3.15. The van der Waals surface area contributed by atoms with Crippen LogP contribution in [0.4, 0.5) is 0 Å². The summed E-state index contributed by atoms with van der Waals surface area (Å²) in [5, 5.41) is 3.24. The molecule has 1 aliphatic heterocycles. The summed E-state index contributed by atoms with van der Waals surface area (Å²) < 4.78 is 11.0. The summed E-state index contributed by atoms with van der Waals surface area (Å²) in [6, 6.07) is 6.37. The number of carbonyl (C=O) groups excluding carboxylic acids is 3. The van der Waals surface area contributed by atoms with Crippen molar-refractivity contribution in [3.05, 3.63) is 34.9 Å². The summed E-state index contributed by atoms with van der Waals surface area (Å²) >= 11 is 5.90. The SMILES string of the molecule is Cl.NCCCOCCCCOCCCNC(=O)C(=O)C1CCC(=O)N1Cc1ccc(Cl)cc1. The molecular weight excluding hydrogens is 469 g/mol. The Balaban J connectivity index is 0.00000544. The highest BCUT2D eigenvalue weighted by Gasteiger charge is 2.38. The molecule has 8 nitrogen and oxygen atoms in total. The minimum Gasteiger partial charge on any atom is -0.381 e. The monoisotopic (exact) mass is 503 g/mol. The molecule has 3 N–H and O–H groups in total.